The molecule has 40 heavy (non-hydrogen) atoms. The van der Waals surface area contributed by atoms with E-state index in [1.54, 1.807) is 12.1 Å². The second kappa shape index (κ2) is 12.2. The number of piperidine rings is 1. The molecule has 4 N–H and O–H groups in total. The number of amides is 2. The number of carbonyl (C=O) groups is 2. The average Bonchev–Trinajstić information content (AvgIpc) is 3.42. The molecule has 212 valence electrons. The summed E-state index contributed by atoms with van der Waals surface area (Å²) in [6.07, 6.45) is 0.575. The first-order chi connectivity index (χ1) is 19.0. The van der Waals surface area contributed by atoms with Gasteiger partial charge >= 0.3 is 0 Å². The van der Waals surface area contributed by atoms with Crippen LogP contribution in [-0.4, -0.2) is 56.9 Å². The predicted octanol–water partition coefficient (Wildman–Crippen LogP) is 2.76. The van der Waals surface area contributed by atoms with Crippen molar-refractivity contribution >= 4 is 39.1 Å². The molecule has 1 saturated heterocycles. The SMILES string of the molecule is Cc1ccc(S(=O)(=O)NCCNC(=O)C2(NC(=O)c3ccc(-c4ccc(Cl)cc4[N+](=O)[O-])o3)CCNCC2)cc1. The number of furan rings is 1. The Morgan fingerprint density at radius 2 is 1.77 bits per heavy atom. The van der Waals surface area contributed by atoms with E-state index in [4.69, 9.17) is 16.0 Å². The number of nitro benzene ring substituents is 1. The molecule has 0 unspecified atom stereocenters. The number of nitro groups is 1. The zero-order valence-electron chi connectivity index (χ0n) is 21.5. The number of rotatable bonds is 10. The van der Waals surface area contributed by atoms with E-state index in [0.717, 1.165) is 5.56 Å². The standard InChI is InChI=1S/C26H28ClN5O7S/c1-17-2-5-19(6-3-17)40(37,38)30-15-14-29-25(34)26(10-12-28-13-11-26)31-24(33)23-9-8-22(39-23)20-7-4-18(27)16-21(20)32(35)36/h2-9,16,28,30H,10-15H2,1H3,(H,29,34)(H,31,33). The van der Waals surface area contributed by atoms with Crippen LogP contribution in [0.2, 0.25) is 5.02 Å². The van der Waals surface area contributed by atoms with E-state index in [1.807, 2.05) is 6.92 Å². The van der Waals surface area contributed by atoms with Gasteiger partial charge in [-0.25, -0.2) is 13.1 Å². The first-order valence-electron chi connectivity index (χ1n) is 12.4. The van der Waals surface area contributed by atoms with Crippen LogP contribution < -0.4 is 20.7 Å². The maximum Gasteiger partial charge on any atom is 0.287 e. The molecule has 12 nitrogen and oxygen atoms in total. The summed E-state index contributed by atoms with van der Waals surface area (Å²) in [7, 11) is -3.74. The summed E-state index contributed by atoms with van der Waals surface area (Å²) in [5, 5.41) is 20.3. The van der Waals surface area contributed by atoms with Crippen molar-refractivity contribution in [1.82, 2.24) is 20.7 Å². The highest BCUT2D eigenvalue weighted by atomic mass is 35.5. The predicted molar refractivity (Wildman–Crippen MR) is 147 cm³/mol. The van der Waals surface area contributed by atoms with Crippen LogP contribution in [0.25, 0.3) is 11.3 Å². The molecule has 0 bridgehead atoms. The maximum atomic E-state index is 13.2. The number of nitrogens with zero attached hydrogens (tertiary/aromatic N) is 1. The highest BCUT2D eigenvalue weighted by Crippen LogP contribution is 2.33. The molecule has 1 aliphatic heterocycles. The molecular weight excluding hydrogens is 562 g/mol. The van der Waals surface area contributed by atoms with Crippen molar-refractivity contribution in [2.24, 2.45) is 0 Å². The van der Waals surface area contributed by atoms with Crippen LogP contribution >= 0.6 is 11.6 Å². The molecule has 1 fully saturated rings. The molecule has 4 rings (SSSR count). The topological polar surface area (TPSA) is 173 Å². The van der Waals surface area contributed by atoms with Gasteiger partial charge in [0, 0.05) is 24.2 Å². The molecule has 1 aromatic heterocycles. The number of aryl methyl sites for hydroxylation is 1. The number of nitrogens with one attached hydrogen (secondary N) is 4. The highest BCUT2D eigenvalue weighted by Gasteiger charge is 2.41. The van der Waals surface area contributed by atoms with E-state index < -0.39 is 32.3 Å². The maximum absolute atomic E-state index is 13.2. The molecule has 0 atom stereocenters. The summed E-state index contributed by atoms with van der Waals surface area (Å²) < 4.78 is 33.1. The number of sulfonamides is 1. The van der Waals surface area contributed by atoms with Gasteiger partial charge in [-0.1, -0.05) is 29.3 Å². The highest BCUT2D eigenvalue weighted by molar-refractivity contribution is 7.89. The number of carbonyl (C=O) groups excluding carboxylic acids is 2. The van der Waals surface area contributed by atoms with Crippen LogP contribution in [0, 0.1) is 17.0 Å². The van der Waals surface area contributed by atoms with Gasteiger partial charge in [0.1, 0.15) is 11.3 Å². The van der Waals surface area contributed by atoms with Crippen molar-refractivity contribution in [3.63, 3.8) is 0 Å². The van der Waals surface area contributed by atoms with E-state index in [2.05, 4.69) is 20.7 Å². The lowest BCUT2D eigenvalue weighted by molar-refractivity contribution is -0.384. The van der Waals surface area contributed by atoms with Crippen LogP contribution in [0.4, 0.5) is 5.69 Å². The Morgan fingerprint density at radius 1 is 1.07 bits per heavy atom. The largest absolute Gasteiger partial charge is 0.451 e. The zero-order valence-corrected chi connectivity index (χ0v) is 23.1. The monoisotopic (exact) mass is 589 g/mol. The Hall–Kier alpha value is -3.78. The Balaban J connectivity index is 1.42. The van der Waals surface area contributed by atoms with E-state index in [-0.39, 0.29) is 58.6 Å². The van der Waals surface area contributed by atoms with Gasteiger partial charge in [-0.3, -0.25) is 19.7 Å². The third-order valence-electron chi connectivity index (χ3n) is 6.53. The molecule has 0 aliphatic carbocycles. The van der Waals surface area contributed by atoms with Crippen LogP contribution in [0.15, 0.2) is 63.9 Å². The van der Waals surface area contributed by atoms with Gasteiger partial charge in [0.2, 0.25) is 15.9 Å². The molecule has 1 aliphatic rings. The second-order valence-electron chi connectivity index (χ2n) is 9.34. The number of hydrogen-bond donors (Lipinski definition) is 4. The lowest BCUT2D eigenvalue weighted by atomic mass is 9.87. The van der Waals surface area contributed by atoms with Gasteiger partial charge in [-0.2, -0.15) is 0 Å². The van der Waals surface area contributed by atoms with Crippen LogP contribution in [-0.2, 0) is 14.8 Å². The minimum Gasteiger partial charge on any atom is -0.451 e. The van der Waals surface area contributed by atoms with Crippen LogP contribution in [0.5, 0.6) is 0 Å². The lowest BCUT2D eigenvalue weighted by Gasteiger charge is -2.36. The Bertz CT molecular complexity index is 1520. The second-order valence-corrected chi connectivity index (χ2v) is 11.5. The third-order valence-corrected chi connectivity index (χ3v) is 8.24. The number of benzene rings is 2. The van der Waals surface area contributed by atoms with Crippen molar-refractivity contribution < 1.29 is 27.3 Å². The van der Waals surface area contributed by atoms with Crippen molar-refractivity contribution in [3.05, 3.63) is 81.1 Å². The normalized spacial score (nSPS) is 14.8. The summed E-state index contributed by atoms with van der Waals surface area (Å²) in [4.78, 5) is 37.4. The molecule has 0 spiro atoms. The van der Waals surface area contributed by atoms with Crippen molar-refractivity contribution in [2.75, 3.05) is 26.2 Å². The molecule has 2 amide bonds. The molecule has 14 heteroatoms. The molecule has 2 heterocycles. The van der Waals surface area contributed by atoms with Gasteiger partial charge in [-0.15, -0.1) is 0 Å². The van der Waals surface area contributed by atoms with Crippen molar-refractivity contribution in [1.29, 1.82) is 0 Å². The molecule has 3 aromatic rings. The first-order valence-corrected chi connectivity index (χ1v) is 14.3. The average molecular weight is 590 g/mol. The summed E-state index contributed by atoms with van der Waals surface area (Å²) in [5.41, 5.74) is -0.466. The fraction of sp³-hybridized carbons (Fsp3) is 0.308. The number of hydrogen-bond acceptors (Lipinski definition) is 8. The lowest BCUT2D eigenvalue weighted by Crippen LogP contribution is -2.63. The first kappa shape index (κ1) is 29.2. The van der Waals surface area contributed by atoms with Gasteiger partial charge in [0.15, 0.2) is 5.76 Å². The van der Waals surface area contributed by atoms with E-state index in [1.165, 1.54) is 42.5 Å². The zero-order chi connectivity index (χ0) is 28.9. The number of halogens is 1. The molecule has 0 saturated carbocycles. The fourth-order valence-electron chi connectivity index (χ4n) is 4.34. The van der Waals surface area contributed by atoms with Crippen molar-refractivity contribution in [3.8, 4) is 11.3 Å². The Labute approximate surface area is 235 Å². The van der Waals surface area contributed by atoms with Crippen molar-refractivity contribution in [2.45, 2.75) is 30.2 Å². The van der Waals surface area contributed by atoms with Gasteiger partial charge in [-0.05, 0) is 69.3 Å². The van der Waals surface area contributed by atoms with E-state index >= 15 is 0 Å². The summed E-state index contributed by atoms with van der Waals surface area (Å²) in [6.45, 7) is 2.74. The minimum absolute atomic E-state index is 0.000107. The Morgan fingerprint density at radius 3 is 2.45 bits per heavy atom. The van der Waals surface area contributed by atoms with E-state index in [9.17, 15) is 28.1 Å². The van der Waals surface area contributed by atoms with Crippen LogP contribution in [0.3, 0.4) is 0 Å². The smallest absolute Gasteiger partial charge is 0.287 e. The van der Waals surface area contributed by atoms with Gasteiger partial charge in [0.05, 0.1) is 15.4 Å². The molecule has 2 aromatic carbocycles. The van der Waals surface area contributed by atoms with E-state index in [0.29, 0.717) is 13.1 Å². The minimum atomic E-state index is -3.74. The van der Waals surface area contributed by atoms with Gasteiger partial charge in [0.25, 0.3) is 11.6 Å². The third kappa shape index (κ3) is 6.67. The summed E-state index contributed by atoms with van der Waals surface area (Å²) >= 11 is 5.88. The van der Waals surface area contributed by atoms with Gasteiger partial charge < -0.3 is 20.4 Å². The summed E-state index contributed by atoms with van der Waals surface area (Å²) in [5.74, 6) is -1.16. The summed E-state index contributed by atoms with van der Waals surface area (Å²) in [6, 6.07) is 13.3. The quantitative estimate of drug-likeness (QED) is 0.159. The Kier molecular flexibility index (Phi) is 8.88. The molecule has 0 radical (unpaired) electrons. The fourth-order valence-corrected chi connectivity index (χ4v) is 5.54. The van der Waals surface area contributed by atoms with Crippen LogP contribution in [0.1, 0.15) is 29.0 Å². The molecular formula is C26H28ClN5O7S.